The third-order valence-corrected chi connectivity index (χ3v) is 3.77. The molecule has 0 radical (unpaired) electrons. The Kier molecular flexibility index (Phi) is 6.00. The maximum atomic E-state index is 13.5. The van der Waals surface area contributed by atoms with Crippen LogP contribution in [0.2, 0.25) is 10.0 Å². The van der Waals surface area contributed by atoms with Gasteiger partial charge in [-0.25, -0.2) is 4.39 Å². The smallest absolute Gasteiger partial charge is 0.243 e. The number of nitrogens with one attached hydrogen (secondary N) is 3. The van der Waals surface area contributed by atoms with Gasteiger partial charge in [0.1, 0.15) is 5.82 Å². The summed E-state index contributed by atoms with van der Waals surface area (Å²) in [5.41, 5.74) is 0.910. The molecule has 2 rings (SSSR count). The average Bonchev–Trinajstić information content (AvgIpc) is 2.52. The van der Waals surface area contributed by atoms with Crippen LogP contribution in [0.1, 0.15) is 6.92 Å². The van der Waals surface area contributed by atoms with E-state index < -0.39 is 5.82 Å². The molecule has 0 bridgehead atoms. The van der Waals surface area contributed by atoms with Crippen LogP contribution in [-0.2, 0) is 9.59 Å². The first-order valence-electron chi connectivity index (χ1n) is 6.91. The number of hydrogen-bond acceptors (Lipinski definition) is 3. The molecule has 0 aliphatic heterocycles. The molecule has 5 nitrogen and oxygen atoms in total. The van der Waals surface area contributed by atoms with Gasteiger partial charge in [0.25, 0.3) is 0 Å². The van der Waals surface area contributed by atoms with E-state index in [1.165, 1.54) is 25.1 Å². The van der Waals surface area contributed by atoms with Crippen molar-refractivity contribution in [3.63, 3.8) is 0 Å². The molecule has 0 unspecified atom stereocenters. The topological polar surface area (TPSA) is 70.2 Å². The van der Waals surface area contributed by atoms with Crippen LogP contribution in [0.5, 0.6) is 0 Å². The zero-order valence-corrected chi connectivity index (χ0v) is 14.1. The molecule has 24 heavy (non-hydrogen) atoms. The molecule has 0 heterocycles. The largest absolute Gasteiger partial charge is 0.376 e. The van der Waals surface area contributed by atoms with Crippen molar-refractivity contribution in [1.82, 2.24) is 0 Å². The summed E-state index contributed by atoms with van der Waals surface area (Å²) in [6.45, 7) is 1.20. The van der Waals surface area contributed by atoms with Crippen molar-refractivity contribution in [2.45, 2.75) is 6.92 Å². The van der Waals surface area contributed by atoms with Gasteiger partial charge < -0.3 is 16.0 Å². The van der Waals surface area contributed by atoms with Crippen molar-refractivity contribution in [2.75, 3.05) is 22.5 Å². The van der Waals surface area contributed by atoms with Crippen LogP contribution >= 0.6 is 23.2 Å². The second kappa shape index (κ2) is 7.99. The van der Waals surface area contributed by atoms with Crippen LogP contribution in [0, 0.1) is 5.82 Å². The van der Waals surface area contributed by atoms with Gasteiger partial charge in [-0.15, -0.1) is 0 Å². The van der Waals surface area contributed by atoms with Crippen molar-refractivity contribution in [3.8, 4) is 0 Å². The molecule has 0 aliphatic rings. The highest BCUT2D eigenvalue weighted by Crippen LogP contribution is 2.29. The third kappa shape index (κ3) is 4.84. The number of carbonyl (C=O) groups excluding carboxylic acids is 2. The molecule has 0 fully saturated rings. The minimum Gasteiger partial charge on any atom is -0.376 e. The van der Waals surface area contributed by atoms with E-state index in [1.807, 2.05) is 0 Å². The molecular formula is C16H14Cl2FN3O2. The van der Waals surface area contributed by atoms with Gasteiger partial charge in [0.2, 0.25) is 11.8 Å². The van der Waals surface area contributed by atoms with Crippen LogP contribution in [0.4, 0.5) is 21.5 Å². The van der Waals surface area contributed by atoms with Crippen molar-refractivity contribution < 1.29 is 14.0 Å². The molecule has 3 N–H and O–H groups in total. The van der Waals surface area contributed by atoms with Gasteiger partial charge in [0.05, 0.1) is 28.0 Å². The molecule has 2 aromatic rings. The van der Waals surface area contributed by atoms with Crippen molar-refractivity contribution >= 4 is 52.1 Å². The number of carbonyl (C=O) groups is 2. The molecule has 8 heteroatoms. The van der Waals surface area contributed by atoms with Crippen LogP contribution in [0.25, 0.3) is 0 Å². The predicted octanol–water partition coefficient (Wildman–Crippen LogP) is 4.14. The van der Waals surface area contributed by atoms with Crippen LogP contribution < -0.4 is 16.0 Å². The normalized spacial score (nSPS) is 10.2. The van der Waals surface area contributed by atoms with Crippen LogP contribution in [0.3, 0.4) is 0 Å². The maximum absolute atomic E-state index is 13.5. The summed E-state index contributed by atoms with van der Waals surface area (Å²) in [6, 6.07) is 8.95. The van der Waals surface area contributed by atoms with Crippen LogP contribution in [0.15, 0.2) is 36.4 Å². The van der Waals surface area contributed by atoms with Gasteiger partial charge >= 0.3 is 0 Å². The monoisotopic (exact) mass is 369 g/mol. The van der Waals surface area contributed by atoms with E-state index in [-0.39, 0.29) is 29.1 Å². The average molecular weight is 370 g/mol. The molecule has 126 valence electrons. The molecule has 0 saturated carbocycles. The molecular weight excluding hydrogens is 356 g/mol. The first-order valence-corrected chi connectivity index (χ1v) is 7.67. The van der Waals surface area contributed by atoms with E-state index in [0.717, 1.165) is 0 Å². The molecule has 0 aliphatic carbocycles. The summed E-state index contributed by atoms with van der Waals surface area (Å²) in [7, 11) is 0. The number of halogens is 3. The van der Waals surface area contributed by atoms with Gasteiger partial charge in [-0.05, 0) is 30.3 Å². The summed E-state index contributed by atoms with van der Waals surface area (Å²) >= 11 is 11.9. The molecule has 0 saturated heterocycles. The SMILES string of the molecule is CC(=O)Nc1cc(NCC(=O)Nc2cccc(Cl)c2Cl)ccc1F. The predicted molar refractivity (Wildman–Crippen MR) is 94.3 cm³/mol. The summed E-state index contributed by atoms with van der Waals surface area (Å²) in [5.74, 6) is -1.31. The Morgan fingerprint density at radius 1 is 1.08 bits per heavy atom. The van der Waals surface area contributed by atoms with E-state index in [4.69, 9.17) is 23.2 Å². The molecule has 0 atom stereocenters. The summed E-state index contributed by atoms with van der Waals surface area (Å²) in [5, 5.41) is 8.41. The first kappa shape index (κ1) is 18.0. The summed E-state index contributed by atoms with van der Waals surface area (Å²) in [4.78, 5) is 23.0. The lowest BCUT2D eigenvalue weighted by atomic mass is 10.2. The molecule has 0 spiro atoms. The fourth-order valence-electron chi connectivity index (χ4n) is 1.90. The van der Waals surface area contributed by atoms with E-state index in [9.17, 15) is 14.0 Å². The second-order valence-electron chi connectivity index (χ2n) is 4.88. The van der Waals surface area contributed by atoms with E-state index in [2.05, 4.69) is 16.0 Å². The molecule has 2 aromatic carbocycles. The van der Waals surface area contributed by atoms with Crippen molar-refractivity contribution in [3.05, 3.63) is 52.3 Å². The number of amides is 2. The minimum atomic E-state index is -0.564. The maximum Gasteiger partial charge on any atom is 0.243 e. The highest BCUT2D eigenvalue weighted by molar-refractivity contribution is 6.44. The van der Waals surface area contributed by atoms with Gasteiger partial charge in [0.15, 0.2) is 0 Å². The number of benzene rings is 2. The van der Waals surface area contributed by atoms with E-state index >= 15 is 0 Å². The number of hydrogen-bond donors (Lipinski definition) is 3. The van der Waals surface area contributed by atoms with Crippen LogP contribution in [-0.4, -0.2) is 18.4 Å². The van der Waals surface area contributed by atoms with E-state index in [1.54, 1.807) is 18.2 Å². The Morgan fingerprint density at radius 3 is 2.54 bits per heavy atom. The quantitative estimate of drug-likeness (QED) is 0.741. The lowest BCUT2D eigenvalue weighted by molar-refractivity contribution is -0.115. The van der Waals surface area contributed by atoms with Crippen molar-refractivity contribution in [1.29, 1.82) is 0 Å². The zero-order valence-electron chi connectivity index (χ0n) is 12.6. The summed E-state index contributed by atoms with van der Waals surface area (Å²) < 4.78 is 13.5. The highest BCUT2D eigenvalue weighted by atomic mass is 35.5. The number of anilines is 3. The van der Waals surface area contributed by atoms with Gasteiger partial charge in [-0.3, -0.25) is 9.59 Å². The van der Waals surface area contributed by atoms with Gasteiger partial charge in [-0.2, -0.15) is 0 Å². The fourth-order valence-corrected chi connectivity index (χ4v) is 2.25. The van der Waals surface area contributed by atoms with Gasteiger partial charge in [0, 0.05) is 12.6 Å². The summed E-state index contributed by atoms with van der Waals surface area (Å²) in [6.07, 6.45) is 0. The molecule has 0 aromatic heterocycles. The fraction of sp³-hybridized carbons (Fsp3) is 0.125. The Hall–Kier alpha value is -2.31. The zero-order chi connectivity index (χ0) is 17.7. The highest BCUT2D eigenvalue weighted by Gasteiger charge is 2.09. The first-order chi connectivity index (χ1) is 11.4. The Labute approximate surface area is 148 Å². The van der Waals surface area contributed by atoms with Gasteiger partial charge in [-0.1, -0.05) is 29.3 Å². The number of rotatable bonds is 5. The lowest BCUT2D eigenvalue weighted by Gasteiger charge is -2.11. The Morgan fingerprint density at radius 2 is 1.83 bits per heavy atom. The third-order valence-electron chi connectivity index (χ3n) is 2.96. The second-order valence-corrected chi connectivity index (χ2v) is 5.66. The molecule has 2 amide bonds. The standard InChI is InChI=1S/C16H14Cl2FN3O2/c1-9(23)21-14-7-10(5-6-12(14)19)20-8-15(24)22-13-4-2-3-11(17)16(13)18/h2-7,20H,8H2,1H3,(H,21,23)(H,22,24). The lowest BCUT2D eigenvalue weighted by Crippen LogP contribution is -2.22. The Bertz CT molecular complexity index is 784. The van der Waals surface area contributed by atoms with E-state index in [0.29, 0.717) is 16.4 Å². The Balaban J connectivity index is 1.99. The van der Waals surface area contributed by atoms with Crippen molar-refractivity contribution in [2.24, 2.45) is 0 Å². The minimum absolute atomic E-state index is 0.0331.